The van der Waals surface area contributed by atoms with Gasteiger partial charge in [-0.05, 0) is 25.0 Å². The van der Waals surface area contributed by atoms with Gasteiger partial charge in [-0.3, -0.25) is 0 Å². The van der Waals surface area contributed by atoms with Gasteiger partial charge < -0.3 is 14.6 Å². The number of benzene rings is 1. The predicted octanol–water partition coefficient (Wildman–Crippen LogP) is 1.03. The number of ether oxygens (including phenoxy) is 2. The second kappa shape index (κ2) is 5.58. The Kier molecular flexibility index (Phi) is 4.59. The Morgan fingerprint density at radius 1 is 1.22 bits per heavy atom. The molecular weight excluding hydrogens is 256 g/mol. The van der Waals surface area contributed by atoms with Crippen molar-refractivity contribution in [1.82, 2.24) is 0 Å². The minimum absolute atomic E-state index is 0.154. The number of methoxy groups -OCH3 is 2. The Morgan fingerprint density at radius 2 is 1.72 bits per heavy atom. The molecule has 0 spiro atoms. The summed E-state index contributed by atoms with van der Waals surface area (Å²) in [5, 5.41) is 9.42. The summed E-state index contributed by atoms with van der Waals surface area (Å²) in [6.07, 6.45) is 0.728. The summed E-state index contributed by atoms with van der Waals surface area (Å²) in [7, 11) is -0.464. The van der Waals surface area contributed by atoms with Crippen molar-refractivity contribution in [3.05, 3.63) is 17.7 Å². The van der Waals surface area contributed by atoms with Crippen LogP contribution in [-0.4, -0.2) is 40.1 Å². The third-order valence-corrected chi connectivity index (χ3v) is 3.66. The normalized spacial score (nSPS) is 13.2. The zero-order valence-corrected chi connectivity index (χ0v) is 11.7. The molecule has 1 unspecified atom stereocenters. The van der Waals surface area contributed by atoms with Gasteiger partial charge in [0.2, 0.25) is 0 Å². The Morgan fingerprint density at radius 3 is 2.11 bits per heavy atom. The van der Waals surface area contributed by atoms with Gasteiger partial charge in [-0.15, -0.1) is 0 Å². The molecule has 1 N–H and O–H groups in total. The molecule has 0 saturated heterocycles. The first-order valence-electron chi connectivity index (χ1n) is 5.42. The molecule has 0 heterocycles. The minimum Gasteiger partial charge on any atom is -0.493 e. The molecule has 5 nitrogen and oxygen atoms in total. The molecule has 18 heavy (non-hydrogen) atoms. The molecule has 0 aliphatic rings. The van der Waals surface area contributed by atoms with Crippen molar-refractivity contribution in [3.63, 3.8) is 0 Å². The zero-order chi connectivity index (χ0) is 13.9. The van der Waals surface area contributed by atoms with Crippen molar-refractivity contribution in [3.8, 4) is 11.5 Å². The van der Waals surface area contributed by atoms with Crippen LogP contribution in [0, 0.1) is 0 Å². The van der Waals surface area contributed by atoms with Crippen LogP contribution < -0.4 is 9.47 Å². The van der Waals surface area contributed by atoms with Gasteiger partial charge in [-0.25, -0.2) is 8.42 Å². The van der Waals surface area contributed by atoms with Crippen LogP contribution in [0.3, 0.4) is 0 Å². The molecule has 1 rings (SSSR count). The summed E-state index contributed by atoms with van der Waals surface area (Å²) < 4.78 is 33.7. The molecule has 0 saturated carbocycles. The van der Waals surface area contributed by atoms with Gasteiger partial charge in [0.25, 0.3) is 0 Å². The lowest BCUT2D eigenvalue weighted by atomic mass is 10.1. The van der Waals surface area contributed by atoms with Crippen molar-refractivity contribution in [2.75, 3.05) is 20.5 Å². The maximum absolute atomic E-state index is 11.7. The molecule has 0 fully saturated rings. The first kappa shape index (κ1) is 14.8. The van der Waals surface area contributed by atoms with Crippen molar-refractivity contribution >= 4 is 9.84 Å². The smallest absolute Gasteiger partial charge is 0.175 e. The molecule has 0 aliphatic carbocycles. The Bertz CT molecular complexity index is 520. The van der Waals surface area contributed by atoms with Gasteiger partial charge in [0.15, 0.2) is 21.3 Å². The van der Waals surface area contributed by atoms with Crippen LogP contribution in [0.4, 0.5) is 0 Å². The lowest BCUT2D eigenvalue weighted by Gasteiger charge is -2.14. The Hall–Kier alpha value is -1.27. The average Bonchev–Trinajstić information content (AvgIpc) is 2.26. The summed E-state index contributed by atoms with van der Waals surface area (Å²) in [4.78, 5) is 0.154. The van der Waals surface area contributed by atoms with Crippen LogP contribution in [0.15, 0.2) is 17.0 Å². The standard InChI is InChI=1S/C12H18O5S/c1-8(13)5-9-6-10(16-2)11(17-3)7-12(9)18(4,14)15/h6-8,13H,5H2,1-4H3. The van der Waals surface area contributed by atoms with E-state index in [4.69, 9.17) is 9.47 Å². The van der Waals surface area contributed by atoms with Crippen molar-refractivity contribution in [2.45, 2.75) is 24.3 Å². The van der Waals surface area contributed by atoms with Crippen LogP contribution >= 0.6 is 0 Å². The summed E-state index contributed by atoms with van der Waals surface area (Å²) in [6, 6.07) is 3.01. The maximum atomic E-state index is 11.7. The molecule has 102 valence electrons. The number of rotatable bonds is 5. The van der Waals surface area contributed by atoms with Crippen molar-refractivity contribution in [1.29, 1.82) is 0 Å². The highest BCUT2D eigenvalue weighted by Crippen LogP contribution is 2.33. The highest BCUT2D eigenvalue weighted by molar-refractivity contribution is 7.90. The zero-order valence-electron chi connectivity index (χ0n) is 10.9. The molecule has 6 heteroatoms. The van der Waals surface area contributed by atoms with E-state index in [0.29, 0.717) is 17.1 Å². The summed E-state index contributed by atoms with van der Waals surface area (Å²) in [6.45, 7) is 1.60. The molecule has 0 aromatic heterocycles. The van der Waals surface area contributed by atoms with E-state index >= 15 is 0 Å². The highest BCUT2D eigenvalue weighted by atomic mass is 32.2. The van der Waals surface area contributed by atoms with Gasteiger partial charge in [-0.1, -0.05) is 0 Å². The average molecular weight is 274 g/mol. The largest absolute Gasteiger partial charge is 0.493 e. The van der Waals surface area contributed by atoms with E-state index in [9.17, 15) is 13.5 Å². The molecule has 1 atom stereocenters. The molecule has 0 radical (unpaired) electrons. The summed E-state index contributed by atoms with van der Waals surface area (Å²) >= 11 is 0. The van der Waals surface area contributed by atoms with E-state index in [1.807, 2.05) is 0 Å². The van der Waals surface area contributed by atoms with E-state index in [2.05, 4.69) is 0 Å². The number of aliphatic hydroxyl groups excluding tert-OH is 1. The van der Waals surface area contributed by atoms with E-state index in [-0.39, 0.29) is 11.3 Å². The molecule has 1 aromatic carbocycles. The summed E-state index contributed by atoms with van der Waals surface area (Å²) in [5.41, 5.74) is 0.519. The van der Waals surface area contributed by atoms with Crippen LogP contribution in [0.1, 0.15) is 12.5 Å². The number of sulfone groups is 1. The Labute approximate surface area is 107 Å². The highest BCUT2D eigenvalue weighted by Gasteiger charge is 2.19. The number of hydrogen-bond donors (Lipinski definition) is 1. The van der Waals surface area contributed by atoms with Gasteiger partial charge in [0.05, 0.1) is 25.2 Å². The molecule has 0 amide bonds. The number of aliphatic hydroxyl groups is 1. The van der Waals surface area contributed by atoms with Gasteiger partial charge in [-0.2, -0.15) is 0 Å². The fourth-order valence-corrected chi connectivity index (χ4v) is 2.67. The van der Waals surface area contributed by atoms with Crippen LogP contribution in [-0.2, 0) is 16.3 Å². The van der Waals surface area contributed by atoms with Crippen LogP contribution in [0.25, 0.3) is 0 Å². The molecular formula is C12H18O5S. The van der Waals surface area contributed by atoms with Gasteiger partial charge >= 0.3 is 0 Å². The first-order chi connectivity index (χ1) is 8.29. The van der Waals surface area contributed by atoms with Crippen LogP contribution in [0.5, 0.6) is 11.5 Å². The second-order valence-corrected chi connectivity index (χ2v) is 6.12. The Balaban J connectivity index is 3.46. The maximum Gasteiger partial charge on any atom is 0.175 e. The lowest BCUT2D eigenvalue weighted by Crippen LogP contribution is -2.10. The molecule has 0 aliphatic heterocycles. The SMILES string of the molecule is COc1cc(CC(C)O)c(S(C)(=O)=O)cc1OC. The van der Waals surface area contributed by atoms with E-state index in [1.54, 1.807) is 13.0 Å². The van der Waals surface area contributed by atoms with E-state index < -0.39 is 15.9 Å². The van der Waals surface area contributed by atoms with Crippen molar-refractivity contribution in [2.24, 2.45) is 0 Å². The monoisotopic (exact) mass is 274 g/mol. The fourth-order valence-electron chi connectivity index (χ4n) is 1.73. The van der Waals surface area contributed by atoms with Crippen molar-refractivity contribution < 1.29 is 23.0 Å². The predicted molar refractivity (Wildman–Crippen MR) is 68.0 cm³/mol. The molecule has 1 aromatic rings. The second-order valence-electron chi connectivity index (χ2n) is 4.14. The quantitative estimate of drug-likeness (QED) is 0.868. The van der Waals surface area contributed by atoms with E-state index in [1.165, 1.54) is 20.3 Å². The van der Waals surface area contributed by atoms with Crippen LogP contribution in [0.2, 0.25) is 0 Å². The third kappa shape index (κ3) is 3.36. The third-order valence-electron chi connectivity index (χ3n) is 2.48. The van der Waals surface area contributed by atoms with Gasteiger partial charge in [0, 0.05) is 12.3 Å². The molecule has 0 bridgehead atoms. The lowest BCUT2D eigenvalue weighted by molar-refractivity contribution is 0.194. The summed E-state index contributed by atoms with van der Waals surface area (Å²) in [5.74, 6) is 0.799. The number of hydrogen-bond acceptors (Lipinski definition) is 5. The van der Waals surface area contributed by atoms with Gasteiger partial charge in [0.1, 0.15) is 0 Å². The topological polar surface area (TPSA) is 72.8 Å². The minimum atomic E-state index is -3.38. The van der Waals surface area contributed by atoms with E-state index in [0.717, 1.165) is 6.26 Å². The first-order valence-corrected chi connectivity index (χ1v) is 7.31. The fraction of sp³-hybridized carbons (Fsp3) is 0.500.